The second-order valence-corrected chi connectivity index (χ2v) is 17.0. The SMILES string of the molecule is Cc1c(Br)cccc1O[C@H]1CC[C@H](CCCC(C)N2CCN(c3cccc4c(-c5ccc(OCc6ccccc6)nc5OCc5ccccc5)nn(C)c34)CC2)CC1. The van der Waals surface area contributed by atoms with Crippen LogP contribution in [0.2, 0.25) is 0 Å². The zero-order chi connectivity index (χ0) is 39.8. The van der Waals surface area contributed by atoms with Crippen molar-refractivity contribution in [2.24, 2.45) is 13.0 Å². The van der Waals surface area contributed by atoms with E-state index in [1.54, 1.807) is 0 Å². The average molecular weight is 843 g/mol. The molecule has 2 fully saturated rings. The Morgan fingerprint density at radius 1 is 0.759 bits per heavy atom. The highest BCUT2D eigenvalue weighted by atomic mass is 79.9. The van der Waals surface area contributed by atoms with Crippen LogP contribution in [0, 0.1) is 12.8 Å². The van der Waals surface area contributed by atoms with Crippen molar-refractivity contribution in [1.82, 2.24) is 19.7 Å². The smallest absolute Gasteiger partial charge is 0.226 e. The van der Waals surface area contributed by atoms with Gasteiger partial charge in [0.05, 0.1) is 22.9 Å². The van der Waals surface area contributed by atoms with Crippen molar-refractivity contribution in [3.05, 3.63) is 130 Å². The maximum Gasteiger partial charge on any atom is 0.226 e. The van der Waals surface area contributed by atoms with Crippen LogP contribution in [0.4, 0.5) is 5.69 Å². The maximum atomic E-state index is 6.44. The molecule has 1 unspecified atom stereocenters. The van der Waals surface area contributed by atoms with Crippen LogP contribution in [-0.2, 0) is 20.3 Å². The van der Waals surface area contributed by atoms with Gasteiger partial charge in [-0.15, -0.1) is 0 Å². The number of hydrogen-bond acceptors (Lipinski definition) is 7. The van der Waals surface area contributed by atoms with E-state index in [0.29, 0.717) is 37.1 Å². The number of pyridine rings is 1. The first kappa shape index (κ1) is 39.9. The number of aromatic nitrogens is 3. The Labute approximate surface area is 352 Å². The molecule has 1 aliphatic carbocycles. The molecular formula is C49H56BrN5O3. The summed E-state index contributed by atoms with van der Waals surface area (Å²) in [6.07, 6.45) is 9.10. The average Bonchev–Trinajstić information content (AvgIpc) is 3.61. The van der Waals surface area contributed by atoms with Crippen LogP contribution in [-0.4, -0.2) is 58.0 Å². The zero-order valence-electron chi connectivity index (χ0n) is 34.2. The molecule has 1 saturated carbocycles. The Hall–Kier alpha value is -4.86. The zero-order valence-corrected chi connectivity index (χ0v) is 35.7. The highest BCUT2D eigenvalue weighted by Crippen LogP contribution is 2.39. The summed E-state index contributed by atoms with van der Waals surface area (Å²) in [5, 5.41) is 6.20. The molecule has 0 amide bonds. The number of halogens is 1. The molecule has 1 aliphatic heterocycles. The van der Waals surface area contributed by atoms with E-state index >= 15 is 0 Å². The van der Waals surface area contributed by atoms with Gasteiger partial charge < -0.3 is 19.1 Å². The summed E-state index contributed by atoms with van der Waals surface area (Å²) >= 11 is 3.65. The first-order chi connectivity index (χ1) is 28.4. The number of hydrogen-bond donors (Lipinski definition) is 0. The van der Waals surface area contributed by atoms with Crippen molar-refractivity contribution in [1.29, 1.82) is 0 Å². The van der Waals surface area contributed by atoms with Gasteiger partial charge in [0, 0.05) is 60.8 Å². The number of piperazine rings is 1. The van der Waals surface area contributed by atoms with Crippen molar-refractivity contribution < 1.29 is 14.2 Å². The highest BCUT2D eigenvalue weighted by Gasteiger charge is 2.27. The molecule has 0 spiro atoms. The van der Waals surface area contributed by atoms with E-state index in [-0.39, 0.29) is 0 Å². The van der Waals surface area contributed by atoms with E-state index < -0.39 is 0 Å². The molecule has 0 radical (unpaired) electrons. The fraction of sp³-hybridized carbons (Fsp3) is 0.388. The summed E-state index contributed by atoms with van der Waals surface area (Å²) in [7, 11) is 2.05. The third-order valence-electron chi connectivity index (χ3n) is 12.2. The summed E-state index contributed by atoms with van der Waals surface area (Å²) in [6, 6.07) is 37.7. The molecule has 302 valence electrons. The van der Waals surface area contributed by atoms with Gasteiger partial charge in [-0.05, 0) is 87.3 Å². The van der Waals surface area contributed by atoms with E-state index in [1.165, 1.54) is 43.4 Å². The molecule has 1 saturated heterocycles. The minimum Gasteiger partial charge on any atom is -0.490 e. The second kappa shape index (κ2) is 18.8. The Kier molecular flexibility index (Phi) is 13.0. The molecule has 0 bridgehead atoms. The topological polar surface area (TPSA) is 64.9 Å². The molecule has 4 aromatic carbocycles. The molecule has 2 aliphatic rings. The number of benzene rings is 4. The largest absolute Gasteiger partial charge is 0.490 e. The van der Waals surface area contributed by atoms with Gasteiger partial charge in [0.25, 0.3) is 0 Å². The first-order valence-corrected chi connectivity index (χ1v) is 21.9. The normalized spacial score (nSPS) is 18.0. The summed E-state index contributed by atoms with van der Waals surface area (Å²) in [6.45, 7) is 9.49. The van der Waals surface area contributed by atoms with Gasteiger partial charge in [0.2, 0.25) is 11.8 Å². The maximum absolute atomic E-state index is 6.44. The van der Waals surface area contributed by atoms with Crippen molar-refractivity contribution in [3.8, 4) is 28.8 Å². The summed E-state index contributed by atoms with van der Waals surface area (Å²) < 4.78 is 22.1. The van der Waals surface area contributed by atoms with Crippen LogP contribution >= 0.6 is 15.9 Å². The summed E-state index contributed by atoms with van der Waals surface area (Å²) in [4.78, 5) is 10.1. The molecule has 0 N–H and O–H groups in total. The van der Waals surface area contributed by atoms with Crippen LogP contribution in [0.1, 0.15) is 68.6 Å². The van der Waals surface area contributed by atoms with Crippen LogP contribution in [0.15, 0.2) is 114 Å². The standard InChI is InChI=1S/C49H56BrN5O3/c1-35(13-10-18-37-23-25-40(26-24-37)58-45-22-12-20-43(50)36(45)2)54-29-31-55(32-30-54)44-21-11-19-41-47(52-53(3)48(41)44)42-27-28-46(56-33-38-14-6-4-7-15-38)51-49(42)57-34-39-16-8-5-9-17-39/h4-9,11-12,14-17,19-22,27-28,35,37,40H,10,13,18,23-26,29-34H2,1-3H3/t35?,37-,40-. The van der Waals surface area contributed by atoms with E-state index in [9.17, 15) is 0 Å². The second-order valence-electron chi connectivity index (χ2n) is 16.1. The lowest BCUT2D eigenvalue weighted by Gasteiger charge is -2.39. The van der Waals surface area contributed by atoms with Crippen molar-refractivity contribution in [3.63, 3.8) is 0 Å². The van der Waals surface area contributed by atoms with Crippen LogP contribution in [0.3, 0.4) is 0 Å². The molecule has 9 heteroatoms. The number of aryl methyl sites for hydroxylation is 1. The molecule has 1 atom stereocenters. The quantitative estimate of drug-likeness (QED) is 0.102. The molecule has 2 aromatic heterocycles. The van der Waals surface area contributed by atoms with Gasteiger partial charge in [-0.1, -0.05) is 108 Å². The molecule has 8 nitrogen and oxygen atoms in total. The van der Waals surface area contributed by atoms with Crippen LogP contribution in [0.5, 0.6) is 17.5 Å². The molecular weight excluding hydrogens is 786 g/mol. The number of ether oxygens (including phenoxy) is 3. The molecule has 8 rings (SSSR count). The lowest BCUT2D eigenvalue weighted by molar-refractivity contribution is 0.124. The lowest BCUT2D eigenvalue weighted by Crippen LogP contribution is -2.49. The monoisotopic (exact) mass is 841 g/mol. The number of anilines is 1. The van der Waals surface area contributed by atoms with Crippen LogP contribution < -0.4 is 19.1 Å². The number of fused-ring (bicyclic) bond motifs is 1. The predicted molar refractivity (Wildman–Crippen MR) is 238 cm³/mol. The predicted octanol–water partition coefficient (Wildman–Crippen LogP) is 11.2. The van der Waals surface area contributed by atoms with Gasteiger partial charge in [-0.25, -0.2) is 0 Å². The summed E-state index contributed by atoms with van der Waals surface area (Å²) in [5.41, 5.74) is 7.42. The minimum absolute atomic E-state index is 0.341. The Morgan fingerprint density at radius 2 is 1.45 bits per heavy atom. The lowest BCUT2D eigenvalue weighted by atomic mass is 9.84. The molecule has 3 heterocycles. The fourth-order valence-electron chi connectivity index (χ4n) is 8.74. The Morgan fingerprint density at radius 3 is 2.17 bits per heavy atom. The highest BCUT2D eigenvalue weighted by molar-refractivity contribution is 9.10. The van der Waals surface area contributed by atoms with E-state index in [0.717, 1.165) is 88.4 Å². The van der Waals surface area contributed by atoms with E-state index in [4.69, 9.17) is 24.3 Å². The van der Waals surface area contributed by atoms with Crippen molar-refractivity contribution in [2.75, 3.05) is 31.1 Å². The minimum atomic E-state index is 0.341. The van der Waals surface area contributed by atoms with Gasteiger partial charge in [0.15, 0.2) is 0 Å². The van der Waals surface area contributed by atoms with E-state index in [1.807, 2.05) is 60.3 Å². The number of nitrogens with zero attached hydrogens (tertiary/aromatic N) is 5. The Balaban J connectivity index is 0.883. The van der Waals surface area contributed by atoms with Gasteiger partial charge in [-0.3, -0.25) is 9.58 Å². The third-order valence-corrected chi connectivity index (χ3v) is 13.1. The Bertz CT molecular complexity index is 2250. The van der Waals surface area contributed by atoms with Gasteiger partial charge in [0.1, 0.15) is 24.7 Å². The number of rotatable bonds is 15. The first-order valence-electron chi connectivity index (χ1n) is 21.1. The van der Waals surface area contributed by atoms with Gasteiger partial charge in [-0.2, -0.15) is 10.1 Å². The third kappa shape index (κ3) is 9.53. The molecule has 58 heavy (non-hydrogen) atoms. The number of para-hydroxylation sites is 1. The fourth-order valence-corrected chi connectivity index (χ4v) is 9.09. The summed E-state index contributed by atoms with van der Waals surface area (Å²) in [5.74, 6) is 2.88. The molecule has 6 aromatic rings. The van der Waals surface area contributed by atoms with Crippen LogP contribution in [0.25, 0.3) is 22.2 Å². The van der Waals surface area contributed by atoms with Crippen molar-refractivity contribution in [2.45, 2.75) is 84.2 Å². The van der Waals surface area contributed by atoms with Gasteiger partial charge >= 0.3 is 0 Å². The van der Waals surface area contributed by atoms with Crippen molar-refractivity contribution >= 4 is 32.5 Å². The van der Waals surface area contributed by atoms with E-state index in [2.05, 4.69) is 100 Å².